The second-order valence-corrected chi connectivity index (χ2v) is 10.2. The lowest BCUT2D eigenvalue weighted by Gasteiger charge is -2.45. The molecule has 2 aliphatic heterocycles. The Kier molecular flexibility index (Phi) is 3.89. The minimum Gasteiger partial charge on any atom is -0.322 e. The Hall–Kier alpha value is -1.77. The summed E-state index contributed by atoms with van der Waals surface area (Å²) in [6.07, 6.45) is 8.21. The predicted molar refractivity (Wildman–Crippen MR) is 108 cm³/mol. The Bertz CT molecular complexity index is 924. The molecule has 1 unspecified atom stereocenters. The molecule has 1 spiro atoms. The smallest absolute Gasteiger partial charge is 0.247 e. The van der Waals surface area contributed by atoms with E-state index in [0.717, 1.165) is 39.0 Å². The molecular formula is C20H26N6OS. The van der Waals surface area contributed by atoms with Crippen molar-refractivity contribution < 1.29 is 4.21 Å². The summed E-state index contributed by atoms with van der Waals surface area (Å²) in [6.45, 7) is 3.85. The Morgan fingerprint density at radius 1 is 1.11 bits per heavy atom. The summed E-state index contributed by atoms with van der Waals surface area (Å²) in [5.74, 6) is 0.538. The zero-order valence-corrected chi connectivity index (χ0v) is 16.8. The highest BCUT2D eigenvalue weighted by atomic mass is 32.2. The molecular weight excluding hydrogens is 372 g/mol. The fourth-order valence-electron chi connectivity index (χ4n) is 5.47. The zero-order valence-electron chi connectivity index (χ0n) is 16.0. The van der Waals surface area contributed by atoms with Crippen LogP contribution >= 0.6 is 0 Å². The Labute approximate surface area is 167 Å². The molecule has 3 N–H and O–H groups in total. The molecule has 4 aliphatic rings. The summed E-state index contributed by atoms with van der Waals surface area (Å²) in [7, 11) is -1.26. The maximum absolute atomic E-state index is 12.9. The van der Waals surface area contributed by atoms with E-state index in [1.165, 1.54) is 60.0 Å². The minimum atomic E-state index is -1.26. The van der Waals surface area contributed by atoms with Crippen LogP contribution in [0.2, 0.25) is 0 Å². The number of aromatic amines is 1. The van der Waals surface area contributed by atoms with Crippen molar-refractivity contribution in [2.24, 2.45) is 5.41 Å². The van der Waals surface area contributed by atoms with E-state index in [2.05, 4.69) is 31.9 Å². The summed E-state index contributed by atoms with van der Waals surface area (Å²) in [5, 5.41) is 14.6. The van der Waals surface area contributed by atoms with Crippen molar-refractivity contribution >= 4 is 22.6 Å². The zero-order chi connectivity index (χ0) is 18.7. The number of aromatic nitrogens is 3. The first kappa shape index (κ1) is 17.1. The lowest BCUT2D eigenvalue weighted by atomic mass is 9.81. The molecule has 0 saturated carbocycles. The van der Waals surface area contributed by atoms with Crippen molar-refractivity contribution in [3.63, 3.8) is 0 Å². The second-order valence-electron chi connectivity index (χ2n) is 8.80. The molecule has 1 aromatic carbocycles. The molecule has 1 atom stereocenters. The van der Waals surface area contributed by atoms with Crippen LogP contribution in [0.15, 0.2) is 11.2 Å². The van der Waals surface area contributed by atoms with Crippen LogP contribution in [0.3, 0.4) is 0 Å². The summed E-state index contributed by atoms with van der Waals surface area (Å²) in [4.78, 5) is 4.54. The van der Waals surface area contributed by atoms with Crippen molar-refractivity contribution in [1.29, 1.82) is 0 Å². The molecule has 8 heteroatoms. The lowest BCUT2D eigenvalue weighted by Crippen LogP contribution is -2.57. The highest BCUT2D eigenvalue weighted by molar-refractivity contribution is 7.82. The van der Waals surface area contributed by atoms with E-state index in [4.69, 9.17) is 0 Å². The number of anilines is 2. The summed E-state index contributed by atoms with van der Waals surface area (Å²) >= 11 is 0. The van der Waals surface area contributed by atoms with E-state index in [0.29, 0.717) is 16.5 Å². The van der Waals surface area contributed by atoms with Gasteiger partial charge in [-0.15, -0.1) is 5.10 Å². The number of H-pyrrole nitrogens is 1. The van der Waals surface area contributed by atoms with E-state index < -0.39 is 11.0 Å². The van der Waals surface area contributed by atoms with Gasteiger partial charge in [0.1, 0.15) is 0 Å². The second kappa shape index (κ2) is 6.37. The van der Waals surface area contributed by atoms with Crippen molar-refractivity contribution in [3.8, 4) is 0 Å². The van der Waals surface area contributed by atoms with Gasteiger partial charge >= 0.3 is 0 Å². The first-order chi connectivity index (χ1) is 13.7. The predicted octanol–water partition coefficient (Wildman–Crippen LogP) is 1.84. The Morgan fingerprint density at radius 2 is 1.86 bits per heavy atom. The van der Waals surface area contributed by atoms with Crippen molar-refractivity contribution in [2.75, 3.05) is 31.5 Å². The number of hydrogen-bond acceptors (Lipinski definition) is 5. The molecule has 3 heterocycles. The number of nitrogens with one attached hydrogen (secondary N) is 3. The molecule has 0 radical (unpaired) electrons. The minimum absolute atomic E-state index is 0.321. The SMILES string of the molecule is O=S(c1nc(Nc2c3c(cc4c2CCC4)CCC3)n[nH]1)N1CC2(CCNC2)C1. The summed E-state index contributed by atoms with van der Waals surface area (Å²) in [5.41, 5.74) is 7.39. The van der Waals surface area contributed by atoms with Gasteiger partial charge in [-0.1, -0.05) is 6.07 Å². The fraction of sp³-hybridized carbons (Fsp3) is 0.600. The third-order valence-corrected chi connectivity index (χ3v) is 8.17. The first-order valence-electron chi connectivity index (χ1n) is 10.4. The van der Waals surface area contributed by atoms with Crippen LogP contribution in [0.25, 0.3) is 0 Å². The van der Waals surface area contributed by atoms with Gasteiger partial charge in [0, 0.05) is 30.7 Å². The van der Waals surface area contributed by atoms with Crippen molar-refractivity contribution in [3.05, 3.63) is 28.3 Å². The molecule has 2 aliphatic carbocycles. The van der Waals surface area contributed by atoms with Gasteiger partial charge in [-0.25, -0.2) is 13.6 Å². The highest BCUT2D eigenvalue weighted by Crippen LogP contribution is 2.40. The molecule has 2 saturated heterocycles. The van der Waals surface area contributed by atoms with Gasteiger partial charge in [-0.05, 0) is 73.7 Å². The molecule has 148 valence electrons. The average Bonchev–Trinajstić information content (AvgIpc) is 3.43. The highest BCUT2D eigenvalue weighted by Gasteiger charge is 2.47. The molecule has 0 amide bonds. The molecule has 6 rings (SSSR count). The number of nitrogens with zero attached hydrogens (tertiary/aromatic N) is 3. The molecule has 28 heavy (non-hydrogen) atoms. The fourth-order valence-corrected chi connectivity index (χ4v) is 6.78. The third kappa shape index (κ3) is 2.65. The van der Waals surface area contributed by atoms with Gasteiger partial charge in [0.2, 0.25) is 11.1 Å². The number of benzene rings is 1. The number of hydrogen-bond donors (Lipinski definition) is 3. The Morgan fingerprint density at radius 3 is 2.54 bits per heavy atom. The number of rotatable bonds is 4. The van der Waals surface area contributed by atoms with E-state index in [9.17, 15) is 4.21 Å². The summed E-state index contributed by atoms with van der Waals surface area (Å²) < 4.78 is 14.9. The molecule has 2 aromatic rings. The Balaban J connectivity index is 1.22. The van der Waals surface area contributed by atoms with Gasteiger partial charge < -0.3 is 10.6 Å². The van der Waals surface area contributed by atoms with Crippen LogP contribution in [0.1, 0.15) is 41.5 Å². The van der Waals surface area contributed by atoms with Gasteiger partial charge in [0.05, 0.1) is 0 Å². The average molecular weight is 399 g/mol. The van der Waals surface area contributed by atoms with Gasteiger partial charge in [-0.3, -0.25) is 0 Å². The lowest BCUT2D eigenvalue weighted by molar-refractivity contribution is 0.0969. The summed E-state index contributed by atoms with van der Waals surface area (Å²) in [6, 6.07) is 2.42. The number of fused-ring (bicyclic) bond motifs is 2. The van der Waals surface area contributed by atoms with Crippen LogP contribution in [0, 0.1) is 5.41 Å². The molecule has 0 bridgehead atoms. The quantitative estimate of drug-likeness (QED) is 0.732. The van der Waals surface area contributed by atoms with E-state index >= 15 is 0 Å². The van der Waals surface area contributed by atoms with Gasteiger partial charge in [-0.2, -0.15) is 4.98 Å². The van der Waals surface area contributed by atoms with Crippen LogP contribution in [-0.4, -0.2) is 49.9 Å². The van der Waals surface area contributed by atoms with Gasteiger partial charge in [0.15, 0.2) is 11.0 Å². The van der Waals surface area contributed by atoms with Gasteiger partial charge in [0.25, 0.3) is 0 Å². The monoisotopic (exact) mass is 398 g/mol. The van der Waals surface area contributed by atoms with Crippen LogP contribution in [-0.2, 0) is 36.7 Å². The maximum Gasteiger partial charge on any atom is 0.247 e. The number of aryl methyl sites for hydroxylation is 2. The topological polar surface area (TPSA) is 85.9 Å². The largest absolute Gasteiger partial charge is 0.322 e. The van der Waals surface area contributed by atoms with E-state index in [-0.39, 0.29) is 0 Å². The molecule has 1 aromatic heterocycles. The van der Waals surface area contributed by atoms with Crippen LogP contribution < -0.4 is 10.6 Å². The maximum atomic E-state index is 12.9. The van der Waals surface area contributed by atoms with Crippen LogP contribution in [0.5, 0.6) is 0 Å². The van der Waals surface area contributed by atoms with Crippen molar-refractivity contribution in [1.82, 2.24) is 24.8 Å². The van der Waals surface area contributed by atoms with Crippen molar-refractivity contribution in [2.45, 2.75) is 50.1 Å². The third-order valence-electron chi connectivity index (χ3n) is 6.93. The van der Waals surface area contributed by atoms with E-state index in [1.807, 2.05) is 4.31 Å². The molecule has 7 nitrogen and oxygen atoms in total. The standard InChI is InChI=1S/C20H26N6OS/c27-28(26-11-20(12-26)7-8-21-10-20)19-23-18(24-25-19)22-17-15-5-1-3-13(15)9-14-4-2-6-16(14)17/h9,21H,1-8,10-12H2,(H2,22,23,24,25). The van der Waals surface area contributed by atoms with E-state index in [1.54, 1.807) is 0 Å². The normalized spacial score (nSPS) is 23.6. The first-order valence-corrected chi connectivity index (χ1v) is 11.5. The van der Waals surface area contributed by atoms with Crippen LogP contribution in [0.4, 0.5) is 11.6 Å². The molecule has 2 fully saturated rings.